The number of hydrogen-bond acceptors (Lipinski definition) is 10. The first kappa shape index (κ1) is 43.3. The summed E-state index contributed by atoms with van der Waals surface area (Å²) in [6.45, 7) is 0.173. The average molecular weight is 657 g/mol. The standard InChI is InChI=1S/C32H58O10S.Na/c1-2-3-4-5-6-7-8-9-10-11-12-13-14-15-16-17-18-19-20-21-22-29(34)40-25-32(24-33)26-41-30(35)23-28(43(37,38)39)31(36)42-27-32;/h28,33H,2-27H2,1H3,(H,37,38,39);/q;+1/p-1. The van der Waals surface area contributed by atoms with Gasteiger partial charge >= 0.3 is 47.5 Å². The summed E-state index contributed by atoms with van der Waals surface area (Å²) in [7, 11) is -5.14. The molecule has 0 aromatic heterocycles. The number of cyclic esters (lactones) is 2. The third-order valence-electron chi connectivity index (χ3n) is 8.13. The van der Waals surface area contributed by atoms with Crippen LogP contribution in [0.25, 0.3) is 0 Å². The minimum Gasteiger partial charge on any atom is -0.747 e. The van der Waals surface area contributed by atoms with Gasteiger partial charge in [-0.2, -0.15) is 0 Å². The molecule has 0 aromatic carbocycles. The van der Waals surface area contributed by atoms with Crippen molar-refractivity contribution in [3.8, 4) is 0 Å². The van der Waals surface area contributed by atoms with Gasteiger partial charge < -0.3 is 23.9 Å². The van der Waals surface area contributed by atoms with E-state index in [1.807, 2.05) is 0 Å². The van der Waals surface area contributed by atoms with Crippen LogP contribution in [-0.2, 0) is 38.7 Å². The smallest absolute Gasteiger partial charge is 0.747 e. The van der Waals surface area contributed by atoms with Crippen LogP contribution in [0.5, 0.6) is 0 Å². The minimum absolute atomic E-state index is 0. The van der Waals surface area contributed by atoms with Crippen molar-refractivity contribution < 1.29 is 76.2 Å². The Hall–Kier alpha value is -0.720. The van der Waals surface area contributed by atoms with E-state index in [-0.39, 0.29) is 36.0 Å². The Morgan fingerprint density at radius 1 is 0.795 bits per heavy atom. The van der Waals surface area contributed by atoms with Gasteiger partial charge in [0.25, 0.3) is 0 Å². The second-order valence-corrected chi connectivity index (χ2v) is 13.8. The van der Waals surface area contributed by atoms with E-state index in [2.05, 4.69) is 6.92 Å². The molecule has 252 valence electrons. The van der Waals surface area contributed by atoms with E-state index in [0.29, 0.717) is 6.42 Å². The van der Waals surface area contributed by atoms with Gasteiger partial charge in [-0.15, -0.1) is 0 Å². The van der Waals surface area contributed by atoms with Gasteiger partial charge in [-0.25, -0.2) is 8.42 Å². The monoisotopic (exact) mass is 656 g/mol. The molecule has 1 saturated heterocycles. The fourth-order valence-electron chi connectivity index (χ4n) is 5.16. The Morgan fingerprint density at radius 3 is 1.61 bits per heavy atom. The number of aliphatic hydroxyl groups is 1. The second kappa shape index (κ2) is 26.4. The van der Waals surface area contributed by atoms with E-state index in [4.69, 9.17) is 14.2 Å². The van der Waals surface area contributed by atoms with Gasteiger partial charge in [0.15, 0.2) is 5.25 Å². The first-order valence-corrected chi connectivity index (χ1v) is 18.1. The van der Waals surface area contributed by atoms with Gasteiger partial charge in [-0.3, -0.25) is 14.4 Å². The maximum Gasteiger partial charge on any atom is 1.00 e. The van der Waals surface area contributed by atoms with Crippen LogP contribution in [0.3, 0.4) is 0 Å². The van der Waals surface area contributed by atoms with Crippen molar-refractivity contribution >= 4 is 28.0 Å². The first-order chi connectivity index (χ1) is 20.6. The van der Waals surface area contributed by atoms with Crippen LogP contribution in [0.15, 0.2) is 0 Å². The Bertz CT molecular complexity index is 882. The summed E-state index contributed by atoms with van der Waals surface area (Å²) in [4.78, 5) is 36.2. The normalized spacial score (nSPS) is 19.2. The molecule has 0 bridgehead atoms. The summed E-state index contributed by atoms with van der Waals surface area (Å²) in [5.41, 5.74) is -1.45. The van der Waals surface area contributed by atoms with Crippen molar-refractivity contribution in [1.82, 2.24) is 0 Å². The van der Waals surface area contributed by atoms with Crippen molar-refractivity contribution in [2.24, 2.45) is 5.41 Å². The summed E-state index contributed by atoms with van der Waals surface area (Å²) in [6, 6.07) is 0. The molecule has 1 rings (SSSR count). The molecule has 10 nitrogen and oxygen atoms in total. The predicted molar refractivity (Wildman–Crippen MR) is 163 cm³/mol. The average Bonchev–Trinajstić information content (AvgIpc) is 3.03. The summed E-state index contributed by atoms with van der Waals surface area (Å²) in [5.74, 6) is -2.99. The summed E-state index contributed by atoms with van der Waals surface area (Å²) in [6.07, 6.45) is 24.6. The van der Waals surface area contributed by atoms with Crippen molar-refractivity contribution in [3.05, 3.63) is 0 Å². The van der Waals surface area contributed by atoms with Crippen LogP contribution in [0.2, 0.25) is 0 Å². The number of hydrogen-bond donors (Lipinski definition) is 1. The third kappa shape index (κ3) is 21.1. The SMILES string of the molecule is CCCCCCCCCCCCCCCCCCCCCCC(=O)OCC1(CO)COC(=O)CC(S(=O)(=O)[O-])C(=O)OC1.[Na+]. The van der Waals surface area contributed by atoms with Crippen molar-refractivity contribution in [2.45, 2.75) is 153 Å². The molecule has 1 aliphatic heterocycles. The van der Waals surface area contributed by atoms with Gasteiger partial charge in [0.05, 0.1) is 18.4 Å². The Morgan fingerprint density at radius 2 is 1.20 bits per heavy atom. The molecular weight excluding hydrogens is 599 g/mol. The molecule has 2 atom stereocenters. The number of rotatable bonds is 25. The largest absolute Gasteiger partial charge is 1.00 e. The molecule has 1 fully saturated rings. The van der Waals surface area contributed by atoms with E-state index in [1.54, 1.807) is 0 Å². The number of ether oxygens (including phenoxy) is 3. The number of carbonyl (C=O) groups is 3. The molecule has 0 amide bonds. The molecule has 44 heavy (non-hydrogen) atoms. The number of aliphatic hydroxyl groups excluding tert-OH is 1. The molecular formula is C32H57NaO10S. The fourth-order valence-corrected chi connectivity index (χ4v) is 5.80. The van der Waals surface area contributed by atoms with Crippen LogP contribution in [0.4, 0.5) is 0 Å². The van der Waals surface area contributed by atoms with Crippen LogP contribution in [0.1, 0.15) is 148 Å². The topological polar surface area (TPSA) is 156 Å². The van der Waals surface area contributed by atoms with Crippen molar-refractivity contribution in [3.63, 3.8) is 0 Å². The molecule has 1 heterocycles. The zero-order chi connectivity index (χ0) is 31.8. The quantitative estimate of drug-likeness (QED) is 0.0509. The van der Waals surface area contributed by atoms with Gasteiger partial charge in [0.2, 0.25) is 0 Å². The van der Waals surface area contributed by atoms with Gasteiger partial charge in [-0.05, 0) is 6.42 Å². The van der Waals surface area contributed by atoms with E-state index >= 15 is 0 Å². The van der Waals surface area contributed by atoms with Crippen LogP contribution in [0, 0.1) is 5.41 Å². The number of carbonyl (C=O) groups excluding carboxylic acids is 3. The minimum atomic E-state index is -5.14. The molecule has 0 aliphatic carbocycles. The van der Waals surface area contributed by atoms with E-state index in [0.717, 1.165) is 19.3 Å². The Balaban J connectivity index is 0.0000185. The summed E-state index contributed by atoms with van der Waals surface area (Å²) in [5, 5.41) is 7.63. The molecule has 1 aliphatic rings. The summed E-state index contributed by atoms with van der Waals surface area (Å²) >= 11 is 0. The Labute approximate surface area is 288 Å². The maximum absolute atomic E-state index is 12.2. The zero-order valence-electron chi connectivity index (χ0n) is 27.5. The Kier molecular flexibility index (Phi) is 25.9. The molecule has 12 heteroatoms. The molecule has 2 unspecified atom stereocenters. The van der Waals surface area contributed by atoms with Gasteiger partial charge in [0, 0.05) is 6.42 Å². The second-order valence-electron chi connectivity index (χ2n) is 12.2. The van der Waals surface area contributed by atoms with Crippen LogP contribution < -0.4 is 29.6 Å². The molecule has 1 N–H and O–H groups in total. The van der Waals surface area contributed by atoms with Crippen LogP contribution in [-0.4, -0.2) is 67.7 Å². The predicted octanol–water partition coefficient (Wildman–Crippen LogP) is 3.13. The third-order valence-corrected chi connectivity index (χ3v) is 9.19. The molecule has 0 radical (unpaired) electrons. The molecule has 0 aromatic rings. The molecule has 0 saturated carbocycles. The zero-order valence-corrected chi connectivity index (χ0v) is 30.3. The van der Waals surface area contributed by atoms with Gasteiger partial charge in [0.1, 0.15) is 29.9 Å². The van der Waals surface area contributed by atoms with Gasteiger partial charge in [-0.1, -0.05) is 129 Å². The van der Waals surface area contributed by atoms with Crippen molar-refractivity contribution in [2.75, 3.05) is 26.4 Å². The first-order valence-electron chi connectivity index (χ1n) is 16.7. The van der Waals surface area contributed by atoms with E-state index < -0.39 is 71.5 Å². The molecule has 0 spiro atoms. The number of unbranched alkanes of at least 4 members (excludes halogenated alkanes) is 19. The van der Waals surface area contributed by atoms with Crippen molar-refractivity contribution in [1.29, 1.82) is 0 Å². The van der Waals surface area contributed by atoms with E-state index in [1.165, 1.54) is 103 Å². The number of esters is 3. The fraction of sp³-hybridized carbons (Fsp3) is 0.906. The van der Waals surface area contributed by atoms with Crippen LogP contribution >= 0.6 is 0 Å². The maximum atomic E-state index is 12.2. The summed E-state index contributed by atoms with van der Waals surface area (Å²) < 4.78 is 49.0. The van der Waals surface area contributed by atoms with E-state index in [9.17, 15) is 32.5 Å².